The maximum absolute atomic E-state index is 13.0. The molecule has 0 spiro atoms. The molecule has 166 valence electrons. The van der Waals surface area contributed by atoms with Crippen LogP contribution in [0.4, 0.5) is 5.69 Å². The molecule has 2 fully saturated rings. The zero-order valence-corrected chi connectivity index (χ0v) is 18.9. The van der Waals surface area contributed by atoms with Crippen LogP contribution in [0.1, 0.15) is 5.56 Å². The first-order valence-corrected chi connectivity index (χ1v) is 13.4. The molecule has 0 aliphatic carbocycles. The van der Waals surface area contributed by atoms with Gasteiger partial charge in [-0.25, -0.2) is 22.0 Å². The molecule has 2 saturated heterocycles. The molecule has 2 aromatic rings. The molecule has 2 N–H and O–H groups in total. The number of amides is 1. The van der Waals surface area contributed by atoms with Gasteiger partial charge in [0.05, 0.1) is 29.0 Å². The summed E-state index contributed by atoms with van der Waals surface area (Å²) < 4.78 is 47.7. The largest absolute Gasteiger partial charge is 0.306 e. The van der Waals surface area contributed by atoms with Crippen LogP contribution in [-0.2, 0) is 31.1 Å². The average Bonchev–Trinajstić information content (AvgIpc) is 3.02. The van der Waals surface area contributed by atoms with Gasteiger partial charge in [0.25, 0.3) is 0 Å². The fourth-order valence-electron chi connectivity index (χ4n) is 4.26. The monoisotopic (exact) mass is 483 g/mol. The SMILES string of the molecule is NS(=O)(=O)c1ccc(CCN2CC(=O)N(c3ccc(Cl)cc3)[C@@H]3CS(=O)(=O)C[C@H]32)cc1. The molecule has 0 unspecified atom stereocenters. The van der Waals surface area contributed by atoms with E-state index in [1.807, 2.05) is 4.90 Å². The summed E-state index contributed by atoms with van der Waals surface area (Å²) in [5.74, 6) is -0.240. The average molecular weight is 484 g/mol. The van der Waals surface area contributed by atoms with Crippen LogP contribution in [0.25, 0.3) is 0 Å². The zero-order valence-electron chi connectivity index (χ0n) is 16.5. The maximum Gasteiger partial charge on any atom is 0.241 e. The Hall–Kier alpha value is -1.98. The number of nitrogens with two attached hydrogens (primary N) is 1. The smallest absolute Gasteiger partial charge is 0.241 e. The molecule has 31 heavy (non-hydrogen) atoms. The second kappa shape index (κ2) is 8.18. The number of benzene rings is 2. The van der Waals surface area contributed by atoms with Crippen molar-refractivity contribution in [3.05, 3.63) is 59.1 Å². The van der Waals surface area contributed by atoms with E-state index in [-0.39, 0.29) is 34.9 Å². The van der Waals surface area contributed by atoms with E-state index < -0.39 is 25.9 Å². The Labute approximate surface area is 186 Å². The predicted octanol–water partition coefficient (Wildman–Crippen LogP) is 1.04. The third kappa shape index (κ3) is 4.78. The highest BCUT2D eigenvalue weighted by Gasteiger charge is 2.49. The number of carbonyl (C=O) groups excluding carboxylic acids is 1. The lowest BCUT2D eigenvalue weighted by atomic mass is 10.0. The fourth-order valence-corrected chi connectivity index (χ4v) is 6.88. The highest BCUT2D eigenvalue weighted by atomic mass is 35.5. The first-order chi connectivity index (χ1) is 14.5. The van der Waals surface area contributed by atoms with Gasteiger partial charge in [0.15, 0.2) is 9.84 Å². The number of halogens is 1. The van der Waals surface area contributed by atoms with E-state index in [2.05, 4.69) is 0 Å². The van der Waals surface area contributed by atoms with Crippen LogP contribution in [0.15, 0.2) is 53.4 Å². The molecule has 2 aliphatic rings. The molecular formula is C20H22ClN3O5S2. The quantitative estimate of drug-likeness (QED) is 0.679. The summed E-state index contributed by atoms with van der Waals surface area (Å²) >= 11 is 5.95. The maximum atomic E-state index is 13.0. The van der Waals surface area contributed by atoms with E-state index in [0.29, 0.717) is 23.7 Å². The number of anilines is 1. The van der Waals surface area contributed by atoms with Crippen LogP contribution < -0.4 is 10.0 Å². The number of primary sulfonamides is 1. The summed E-state index contributed by atoms with van der Waals surface area (Å²) in [7, 11) is -7.04. The molecular weight excluding hydrogens is 462 g/mol. The minimum Gasteiger partial charge on any atom is -0.306 e. The van der Waals surface area contributed by atoms with Gasteiger partial charge in [0, 0.05) is 23.3 Å². The van der Waals surface area contributed by atoms with Gasteiger partial charge in [-0.2, -0.15) is 0 Å². The van der Waals surface area contributed by atoms with E-state index in [9.17, 15) is 21.6 Å². The summed E-state index contributed by atoms with van der Waals surface area (Å²) in [5.41, 5.74) is 1.51. The third-order valence-electron chi connectivity index (χ3n) is 5.75. The van der Waals surface area contributed by atoms with Gasteiger partial charge in [-0.15, -0.1) is 0 Å². The zero-order chi connectivity index (χ0) is 22.4. The normalized spacial score (nSPS) is 23.7. The molecule has 2 aliphatic heterocycles. The molecule has 2 aromatic carbocycles. The second-order valence-electron chi connectivity index (χ2n) is 7.86. The highest BCUT2D eigenvalue weighted by molar-refractivity contribution is 7.91. The minimum atomic E-state index is -3.76. The Kier molecular flexibility index (Phi) is 5.86. The molecule has 8 nitrogen and oxygen atoms in total. The van der Waals surface area contributed by atoms with Crippen molar-refractivity contribution in [2.75, 3.05) is 29.5 Å². The Morgan fingerprint density at radius 3 is 2.23 bits per heavy atom. The second-order valence-corrected chi connectivity index (χ2v) is 12.0. The number of piperazine rings is 1. The third-order valence-corrected chi connectivity index (χ3v) is 8.63. The van der Waals surface area contributed by atoms with E-state index in [4.69, 9.17) is 16.7 Å². The van der Waals surface area contributed by atoms with Crippen molar-refractivity contribution in [3.8, 4) is 0 Å². The minimum absolute atomic E-state index is 0.000604. The molecule has 2 heterocycles. The Morgan fingerprint density at radius 1 is 1.00 bits per heavy atom. The molecule has 0 radical (unpaired) electrons. The summed E-state index contributed by atoms with van der Waals surface area (Å²) in [6.07, 6.45) is 0.544. The first kappa shape index (κ1) is 22.2. The topological polar surface area (TPSA) is 118 Å². The standard InChI is InChI=1S/C20H22ClN3O5S2/c21-15-3-5-16(6-4-15)24-19-13-30(26,27)12-18(19)23(11-20(24)25)10-9-14-1-7-17(8-2-14)31(22,28)29/h1-8,18-19H,9-13H2,(H2,22,28,29)/t18-,19-/m1/s1. The summed E-state index contributed by atoms with van der Waals surface area (Å²) in [6, 6.07) is 12.3. The van der Waals surface area contributed by atoms with Crippen molar-refractivity contribution in [2.45, 2.75) is 23.4 Å². The molecule has 0 bridgehead atoms. The number of sulfone groups is 1. The van der Waals surface area contributed by atoms with E-state index in [1.54, 1.807) is 41.3 Å². The number of carbonyl (C=O) groups is 1. The van der Waals surface area contributed by atoms with Gasteiger partial charge in [0.2, 0.25) is 15.9 Å². The first-order valence-electron chi connectivity index (χ1n) is 9.67. The highest BCUT2D eigenvalue weighted by Crippen LogP contribution is 2.32. The Morgan fingerprint density at radius 2 is 1.61 bits per heavy atom. The molecule has 11 heteroatoms. The van der Waals surface area contributed by atoms with E-state index >= 15 is 0 Å². The van der Waals surface area contributed by atoms with Gasteiger partial charge in [0.1, 0.15) is 0 Å². The summed E-state index contributed by atoms with van der Waals surface area (Å²) in [4.78, 5) is 16.5. The van der Waals surface area contributed by atoms with Crippen molar-refractivity contribution >= 4 is 43.1 Å². The molecule has 0 aromatic heterocycles. The van der Waals surface area contributed by atoms with Crippen LogP contribution in [0.3, 0.4) is 0 Å². The van der Waals surface area contributed by atoms with Crippen LogP contribution in [0, 0.1) is 0 Å². The molecule has 1 amide bonds. The van der Waals surface area contributed by atoms with Gasteiger partial charge < -0.3 is 4.90 Å². The van der Waals surface area contributed by atoms with Gasteiger partial charge in [-0.3, -0.25) is 9.69 Å². The van der Waals surface area contributed by atoms with E-state index in [1.165, 1.54) is 12.1 Å². The molecule has 0 saturated carbocycles. The Balaban J connectivity index is 1.53. The summed E-state index contributed by atoms with van der Waals surface area (Å²) in [5, 5.41) is 5.66. The number of nitrogens with zero attached hydrogens (tertiary/aromatic N) is 2. The van der Waals surface area contributed by atoms with Crippen molar-refractivity contribution in [3.63, 3.8) is 0 Å². The van der Waals surface area contributed by atoms with Crippen molar-refractivity contribution in [2.24, 2.45) is 5.14 Å². The lowest BCUT2D eigenvalue weighted by molar-refractivity contribution is -0.123. The van der Waals surface area contributed by atoms with Crippen molar-refractivity contribution in [1.82, 2.24) is 4.90 Å². The number of hydrogen-bond acceptors (Lipinski definition) is 6. The van der Waals surface area contributed by atoms with Crippen LogP contribution >= 0.6 is 11.6 Å². The lowest BCUT2D eigenvalue weighted by Crippen LogP contribution is -2.62. The van der Waals surface area contributed by atoms with Crippen LogP contribution in [0.2, 0.25) is 5.02 Å². The fraction of sp³-hybridized carbons (Fsp3) is 0.350. The van der Waals surface area contributed by atoms with E-state index in [0.717, 1.165) is 5.56 Å². The van der Waals surface area contributed by atoms with Gasteiger partial charge in [-0.05, 0) is 48.4 Å². The van der Waals surface area contributed by atoms with Gasteiger partial charge in [-0.1, -0.05) is 23.7 Å². The predicted molar refractivity (Wildman–Crippen MR) is 118 cm³/mol. The summed E-state index contributed by atoms with van der Waals surface area (Å²) in [6.45, 7) is 0.584. The van der Waals surface area contributed by atoms with Gasteiger partial charge >= 0.3 is 0 Å². The Bertz CT molecular complexity index is 1200. The van der Waals surface area contributed by atoms with Crippen LogP contribution in [0.5, 0.6) is 0 Å². The number of hydrogen-bond donors (Lipinski definition) is 1. The lowest BCUT2D eigenvalue weighted by Gasteiger charge is -2.43. The number of fused-ring (bicyclic) bond motifs is 1. The van der Waals surface area contributed by atoms with Crippen LogP contribution in [-0.4, -0.2) is 64.3 Å². The number of sulfonamides is 1. The van der Waals surface area contributed by atoms with Crippen molar-refractivity contribution < 1.29 is 21.6 Å². The molecule has 2 atom stereocenters. The molecule has 4 rings (SSSR count). The van der Waals surface area contributed by atoms with Crippen molar-refractivity contribution in [1.29, 1.82) is 0 Å². The number of rotatable bonds is 5.